The van der Waals surface area contributed by atoms with E-state index in [2.05, 4.69) is 4.74 Å². The molecule has 0 heterocycles. The maximum absolute atomic E-state index is 11.8. The monoisotopic (exact) mass is 270 g/mol. The van der Waals surface area contributed by atoms with Crippen molar-refractivity contribution in [1.29, 1.82) is 0 Å². The van der Waals surface area contributed by atoms with E-state index in [0.29, 0.717) is 6.42 Å². The molecule has 1 aliphatic rings. The van der Waals surface area contributed by atoms with E-state index in [-0.39, 0.29) is 24.2 Å². The molecule has 1 N–H and O–H groups in total. The van der Waals surface area contributed by atoms with Gasteiger partial charge in [-0.1, -0.05) is 13.3 Å². The SMILES string of the molecule is CCCCOC(=O)C1=C(C)C(O)(C(=O)OC)C(=O)C1. The van der Waals surface area contributed by atoms with E-state index in [1.54, 1.807) is 0 Å². The highest BCUT2D eigenvalue weighted by Gasteiger charge is 2.53. The van der Waals surface area contributed by atoms with Crippen LogP contribution in [0, 0.1) is 0 Å². The lowest BCUT2D eigenvalue weighted by molar-refractivity contribution is -0.162. The molecular formula is C13H18O6. The molecule has 0 spiro atoms. The van der Waals surface area contributed by atoms with Crippen LogP contribution >= 0.6 is 0 Å². The summed E-state index contributed by atoms with van der Waals surface area (Å²) in [6, 6.07) is 0. The van der Waals surface area contributed by atoms with Gasteiger partial charge in [0, 0.05) is 12.0 Å². The smallest absolute Gasteiger partial charge is 0.350 e. The molecule has 0 saturated heterocycles. The van der Waals surface area contributed by atoms with Crippen molar-refractivity contribution in [1.82, 2.24) is 0 Å². The molecule has 19 heavy (non-hydrogen) atoms. The van der Waals surface area contributed by atoms with Gasteiger partial charge in [-0.25, -0.2) is 9.59 Å². The maximum Gasteiger partial charge on any atom is 0.350 e. The Labute approximate surface area is 111 Å². The summed E-state index contributed by atoms with van der Waals surface area (Å²) in [4.78, 5) is 35.0. The number of Topliss-reactive ketones (excluding diaryl/α,β-unsaturated/α-hetero) is 1. The average molecular weight is 270 g/mol. The van der Waals surface area contributed by atoms with Crippen LogP contribution in [0.25, 0.3) is 0 Å². The van der Waals surface area contributed by atoms with Gasteiger partial charge >= 0.3 is 11.9 Å². The fourth-order valence-electron chi connectivity index (χ4n) is 1.88. The lowest BCUT2D eigenvalue weighted by Crippen LogP contribution is -2.45. The number of rotatable bonds is 5. The third-order valence-electron chi connectivity index (χ3n) is 3.19. The number of unbranched alkanes of at least 4 members (excludes halogenated alkanes) is 1. The molecule has 1 rings (SSSR count). The van der Waals surface area contributed by atoms with Gasteiger partial charge in [-0.3, -0.25) is 4.79 Å². The summed E-state index contributed by atoms with van der Waals surface area (Å²) in [6.07, 6.45) is 1.27. The molecule has 1 aliphatic carbocycles. The highest BCUT2D eigenvalue weighted by molar-refractivity contribution is 6.17. The standard InChI is InChI=1S/C13H18O6/c1-4-5-6-19-11(15)9-7-10(14)13(17,8(9)2)12(16)18-3/h17H,4-7H2,1-3H3. The number of ketones is 1. The van der Waals surface area contributed by atoms with Crippen molar-refractivity contribution in [2.75, 3.05) is 13.7 Å². The summed E-state index contributed by atoms with van der Waals surface area (Å²) < 4.78 is 9.39. The van der Waals surface area contributed by atoms with Crippen molar-refractivity contribution in [3.05, 3.63) is 11.1 Å². The Kier molecular flexibility index (Phi) is 4.83. The molecular weight excluding hydrogens is 252 g/mol. The van der Waals surface area contributed by atoms with Crippen molar-refractivity contribution in [3.63, 3.8) is 0 Å². The van der Waals surface area contributed by atoms with E-state index in [0.717, 1.165) is 13.5 Å². The number of methoxy groups -OCH3 is 1. The molecule has 0 fully saturated rings. The minimum absolute atomic E-state index is 0.00847. The second-order valence-corrected chi connectivity index (χ2v) is 4.39. The van der Waals surface area contributed by atoms with Crippen LogP contribution < -0.4 is 0 Å². The number of aliphatic hydroxyl groups is 1. The van der Waals surface area contributed by atoms with E-state index >= 15 is 0 Å². The van der Waals surface area contributed by atoms with Crippen LogP contribution in [0.3, 0.4) is 0 Å². The number of esters is 2. The summed E-state index contributed by atoms with van der Waals surface area (Å²) >= 11 is 0. The van der Waals surface area contributed by atoms with E-state index in [1.807, 2.05) is 6.92 Å². The van der Waals surface area contributed by atoms with Crippen molar-refractivity contribution >= 4 is 17.7 Å². The van der Waals surface area contributed by atoms with Crippen LogP contribution in [0.2, 0.25) is 0 Å². The average Bonchev–Trinajstić information content (AvgIpc) is 2.63. The van der Waals surface area contributed by atoms with E-state index in [1.165, 1.54) is 6.92 Å². The van der Waals surface area contributed by atoms with Crippen LogP contribution in [0.15, 0.2) is 11.1 Å². The highest BCUT2D eigenvalue weighted by atomic mass is 16.5. The minimum atomic E-state index is -2.35. The topological polar surface area (TPSA) is 89.9 Å². The molecule has 0 aromatic rings. The van der Waals surface area contributed by atoms with Crippen molar-refractivity contribution in [3.8, 4) is 0 Å². The Morgan fingerprint density at radius 2 is 2.05 bits per heavy atom. The third-order valence-corrected chi connectivity index (χ3v) is 3.19. The third kappa shape index (κ3) is 2.68. The van der Waals surface area contributed by atoms with Gasteiger partial charge in [-0.2, -0.15) is 0 Å². The lowest BCUT2D eigenvalue weighted by Gasteiger charge is -2.19. The molecule has 0 aromatic carbocycles. The van der Waals surface area contributed by atoms with Crippen LogP contribution in [-0.2, 0) is 23.9 Å². The van der Waals surface area contributed by atoms with E-state index in [9.17, 15) is 19.5 Å². The maximum atomic E-state index is 11.8. The van der Waals surface area contributed by atoms with Crippen molar-refractivity contribution in [2.24, 2.45) is 0 Å². The van der Waals surface area contributed by atoms with E-state index in [4.69, 9.17) is 4.74 Å². The Balaban J connectivity index is 2.94. The van der Waals surface area contributed by atoms with Gasteiger partial charge in [-0.05, 0) is 18.9 Å². The van der Waals surface area contributed by atoms with Crippen LogP contribution in [0.1, 0.15) is 33.1 Å². The fraction of sp³-hybridized carbons (Fsp3) is 0.615. The van der Waals surface area contributed by atoms with Gasteiger partial charge in [0.15, 0.2) is 5.78 Å². The zero-order valence-electron chi connectivity index (χ0n) is 11.3. The zero-order valence-corrected chi connectivity index (χ0v) is 11.3. The predicted molar refractivity (Wildman–Crippen MR) is 65.2 cm³/mol. The number of hydrogen-bond donors (Lipinski definition) is 1. The van der Waals surface area contributed by atoms with Gasteiger partial charge in [0.05, 0.1) is 13.7 Å². The first-order valence-electron chi connectivity index (χ1n) is 6.11. The molecule has 0 aliphatic heterocycles. The van der Waals surface area contributed by atoms with Gasteiger partial charge in [0.2, 0.25) is 5.60 Å². The minimum Gasteiger partial charge on any atom is -0.466 e. The molecule has 0 saturated carbocycles. The van der Waals surface area contributed by atoms with Crippen LogP contribution in [0.5, 0.6) is 0 Å². The number of carbonyl (C=O) groups is 3. The first-order valence-corrected chi connectivity index (χ1v) is 6.11. The van der Waals surface area contributed by atoms with Crippen molar-refractivity contribution < 1.29 is 29.0 Å². The first kappa shape index (κ1) is 15.4. The molecule has 106 valence electrons. The Bertz CT molecular complexity index is 436. The molecule has 6 heteroatoms. The highest BCUT2D eigenvalue weighted by Crippen LogP contribution is 2.34. The predicted octanol–water partition coefficient (Wildman–Crippen LogP) is 0.523. The molecule has 0 radical (unpaired) electrons. The van der Waals surface area contributed by atoms with Gasteiger partial charge < -0.3 is 14.6 Å². The molecule has 0 bridgehead atoms. The van der Waals surface area contributed by atoms with Crippen LogP contribution in [-0.4, -0.2) is 42.1 Å². The number of hydrogen-bond acceptors (Lipinski definition) is 6. The lowest BCUT2D eigenvalue weighted by atomic mass is 9.95. The largest absolute Gasteiger partial charge is 0.466 e. The fourth-order valence-corrected chi connectivity index (χ4v) is 1.88. The second-order valence-electron chi connectivity index (χ2n) is 4.39. The number of carbonyl (C=O) groups excluding carboxylic acids is 3. The Morgan fingerprint density at radius 1 is 1.42 bits per heavy atom. The summed E-state index contributed by atoms with van der Waals surface area (Å²) in [5, 5.41) is 10.1. The quantitative estimate of drug-likeness (QED) is 0.445. The van der Waals surface area contributed by atoms with Gasteiger partial charge in [-0.15, -0.1) is 0 Å². The molecule has 6 nitrogen and oxygen atoms in total. The second kappa shape index (κ2) is 5.97. The summed E-state index contributed by atoms with van der Waals surface area (Å²) in [6.45, 7) is 3.56. The van der Waals surface area contributed by atoms with Crippen LogP contribution in [0.4, 0.5) is 0 Å². The van der Waals surface area contributed by atoms with Gasteiger partial charge in [0.25, 0.3) is 0 Å². The Morgan fingerprint density at radius 3 is 2.58 bits per heavy atom. The molecule has 0 aromatic heterocycles. The first-order chi connectivity index (χ1) is 8.89. The van der Waals surface area contributed by atoms with E-state index < -0.39 is 23.3 Å². The molecule has 1 unspecified atom stereocenters. The Hall–Kier alpha value is -1.69. The van der Waals surface area contributed by atoms with Gasteiger partial charge in [0.1, 0.15) is 0 Å². The summed E-state index contributed by atoms with van der Waals surface area (Å²) in [5.41, 5.74) is -2.33. The number of ether oxygens (including phenoxy) is 2. The van der Waals surface area contributed by atoms with Crippen molar-refractivity contribution in [2.45, 2.75) is 38.7 Å². The zero-order chi connectivity index (χ0) is 14.6. The normalized spacial score (nSPS) is 22.6. The summed E-state index contributed by atoms with van der Waals surface area (Å²) in [5.74, 6) is -2.51. The molecule has 1 atom stereocenters. The summed E-state index contributed by atoms with van der Waals surface area (Å²) in [7, 11) is 1.07. The molecule has 0 amide bonds.